The zero-order chi connectivity index (χ0) is 17.8. The van der Waals surface area contributed by atoms with Crippen LogP contribution in [-0.4, -0.2) is 65.3 Å². The second-order valence-electron chi connectivity index (χ2n) is 7.34. The summed E-state index contributed by atoms with van der Waals surface area (Å²) in [6, 6.07) is 11.3. The number of benzene rings is 1. The Morgan fingerprint density at radius 3 is 2.48 bits per heavy atom. The summed E-state index contributed by atoms with van der Waals surface area (Å²) < 4.78 is 0. The van der Waals surface area contributed by atoms with Crippen molar-refractivity contribution in [3.63, 3.8) is 0 Å². The first-order valence-corrected chi connectivity index (χ1v) is 9.35. The van der Waals surface area contributed by atoms with Crippen LogP contribution in [0, 0.1) is 0 Å². The fourth-order valence-electron chi connectivity index (χ4n) is 4.21. The highest BCUT2D eigenvalue weighted by Crippen LogP contribution is 2.31. The van der Waals surface area contributed by atoms with E-state index in [4.69, 9.17) is 0 Å². The molecule has 2 amide bonds. The normalized spacial score (nSPS) is 23.8. The highest BCUT2D eigenvalue weighted by molar-refractivity contribution is 5.84. The van der Waals surface area contributed by atoms with Crippen LogP contribution in [0.15, 0.2) is 30.3 Å². The van der Waals surface area contributed by atoms with E-state index in [9.17, 15) is 9.59 Å². The van der Waals surface area contributed by atoms with E-state index in [1.54, 1.807) is 7.05 Å². The first-order valence-electron chi connectivity index (χ1n) is 9.35. The molecule has 2 saturated heterocycles. The summed E-state index contributed by atoms with van der Waals surface area (Å²) in [4.78, 5) is 30.2. The molecular weight excluding hydrogens is 314 g/mol. The summed E-state index contributed by atoms with van der Waals surface area (Å²) in [7, 11) is 1.70. The van der Waals surface area contributed by atoms with Crippen LogP contribution in [0.3, 0.4) is 0 Å². The molecule has 2 fully saturated rings. The molecule has 0 aliphatic carbocycles. The molecule has 2 aliphatic heterocycles. The van der Waals surface area contributed by atoms with Gasteiger partial charge in [0.1, 0.15) is 0 Å². The topological polar surface area (TPSA) is 43.9 Å². The molecule has 1 aromatic carbocycles. The van der Waals surface area contributed by atoms with Gasteiger partial charge in [-0.2, -0.15) is 0 Å². The summed E-state index contributed by atoms with van der Waals surface area (Å²) in [5.41, 5.74) is 1.33. The Kier molecular flexibility index (Phi) is 5.74. The summed E-state index contributed by atoms with van der Waals surface area (Å²) in [5, 5.41) is 0. The maximum absolute atomic E-state index is 12.7. The van der Waals surface area contributed by atoms with Gasteiger partial charge in [-0.25, -0.2) is 0 Å². The average Bonchev–Trinajstić information content (AvgIpc) is 3.24. The van der Waals surface area contributed by atoms with Gasteiger partial charge < -0.3 is 9.80 Å². The van der Waals surface area contributed by atoms with E-state index in [-0.39, 0.29) is 18.4 Å². The maximum atomic E-state index is 12.7. The van der Waals surface area contributed by atoms with Crippen molar-refractivity contribution in [1.29, 1.82) is 0 Å². The Balaban J connectivity index is 1.66. The van der Waals surface area contributed by atoms with Gasteiger partial charge in [-0.3, -0.25) is 14.5 Å². The van der Waals surface area contributed by atoms with Crippen molar-refractivity contribution in [2.45, 2.75) is 51.2 Å². The molecule has 2 atom stereocenters. The minimum Gasteiger partial charge on any atom is -0.337 e. The second-order valence-corrected chi connectivity index (χ2v) is 7.34. The lowest BCUT2D eigenvalue weighted by Crippen LogP contribution is -2.50. The number of nitrogens with zero attached hydrogens (tertiary/aromatic N) is 3. The van der Waals surface area contributed by atoms with Crippen molar-refractivity contribution in [3.8, 4) is 0 Å². The zero-order valence-electron chi connectivity index (χ0n) is 15.4. The van der Waals surface area contributed by atoms with Crippen molar-refractivity contribution < 1.29 is 9.59 Å². The first-order chi connectivity index (χ1) is 12.1. The molecule has 3 rings (SSSR count). The van der Waals surface area contributed by atoms with Gasteiger partial charge in [-0.05, 0) is 37.8 Å². The standard InChI is InChI=1S/C20H29N3O2/c1-16(24)21(2)15-20(25)23-13-7-11-19(23)18-10-6-12-22(18)14-17-8-4-3-5-9-17/h3-5,8-9,18-19H,6-7,10-15H2,1-2H3/t18-,19-/m1/s1. The van der Waals surface area contributed by atoms with Gasteiger partial charge in [0.2, 0.25) is 11.8 Å². The third-order valence-corrected chi connectivity index (χ3v) is 5.62. The van der Waals surface area contributed by atoms with Gasteiger partial charge in [0, 0.05) is 39.1 Å². The third-order valence-electron chi connectivity index (χ3n) is 5.62. The number of amides is 2. The fraction of sp³-hybridized carbons (Fsp3) is 0.600. The number of carbonyl (C=O) groups is 2. The van der Waals surface area contributed by atoms with E-state index in [0.29, 0.717) is 12.1 Å². The molecule has 0 saturated carbocycles. The predicted molar refractivity (Wildman–Crippen MR) is 97.9 cm³/mol. The van der Waals surface area contributed by atoms with E-state index in [1.165, 1.54) is 23.8 Å². The van der Waals surface area contributed by atoms with Gasteiger partial charge in [-0.1, -0.05) is 30.3 Å². The molecule has 0 aromatic heterocycles. The van der Waals surface area contributed by atoms with Gasteiger partial charge in [0.25, 0.3) is 0 Å². The van der Waals surface area contributed by atoms with E-state index in [2.05, 4.69) is 29.2 Å². The van der Waals surface area contributed by atoms with Gasteiger partial charge in [0.05, 0.1) is 6.54 Å². The molecule has 0 unspecified atom stereocenters. The Hall–Kier alpha value is -1.88. The third kappa shape index (κ3) is 4.21. The van der Waals surface area contributed by atoms with Crippen molar-refractivity contribution >= 4 is 11.8 Å². The van der Waals surface area contributed by atoms with E-state index in [1.807, 2.05) is 11.0 Å². The van der Waals surface area contributed by atoms with Crippen LogP contribution < -0.4 is 0 Å². The molecule has 5 heteroatoms. The lowest BCUT2D eigenvalue weighted by Gasteiger charge is -2.35. The largest absolute Gasteiger partial charge is 0.337 e. The highest BCUT2D eigenvalue weighted by Gasteiger charge is 2.39. The zero-order valence-corrected chi connectivity index (χ0v) is 15.4. The molecule has 0 bridgehead atoms. The highest BCUT2D eigenvalue weighted by atomic mass is 16.2. The minimum absolute atomic E-state index is 0.0596. The van der Waals surface area contributed by atoms with Crippen LogP contribution in [0.1, 0.15) is 38.2 Å². The number of carbonyl (C=O) groups excluding carboxylic acids is 2. The Morgan fingerprint density at radius 1 is 1.08 bits per heavy atom. The molecular formula is C20H29N3O2. The molecule has 25 heavy (non-hydrogen) atoms. The van der Waals surface area contributed by atoms with Crippen LogP contribution in [0.5, 0.6) is 0 Å². The second kappa shape index (κ2) is 8.00. The lowest BCUT2D eigenvalue weighted by molar-refractivity contribution is -0.139. The molecule has 2 aliphatic rings. The van der Waals surface area contributed by atoms with Gasteiger partial charge >= 0.3 is 0 Å². The van der Waals surface area contributed by atoms with E-state index < -0.39 is 0 Å². The van der Waals surface area contributed by atoms with Crippen molar-refractivity contribution in [2.75, 3.05) is 26.7 Å². The maximum Gasteiger partial charge on any atom is 0.242 e. The number of likely N-dealkylation sites (tertiary alicyclic amines) is 2. The van der Waals surface area contributed by atoms with E-state index >= 15 is 0 Å². The smallest absolute Gasteiger partial charge is 0.242 e. The van der Waals surface area contributed by atoms with Crippen LogP contribution in [0.25, 0.3) is 0 Å². The van der Waals surface area contributed by atoms with Gasteiger partial charge in [0.15, 0.2) is 0 Å². The molecule has 5 nitrogen and oxygen atoms in total. The van der Waals surface area contributed by atoms with Crippen molar-refractivity contribution in [2.24, 2.45) is 0 Å². The van der Waals surface area contributed by atoms with Crippen molar-refractivity contribution in [1.82, 2.24) is 14.7 Å². The molecule has 2 heterocycles. The van der Waals surface area contributed by atoms with Crippen LogP contribution >= 0.6 is 0 Å². The number of likely N-dealkylation sites (N-methyl/N-ethyl adjacent to an activating group) is 1. The van der Waals surface area contributed by atoms with E-state index in [0.717, 1.165) is 38.9 Å². The Labute approximate surface area is 150 Å². The fourth-order valence-corrected chi connectivity index (χ4v) is 4.21. The molecule has 0 N–H and O–H groups in total. The summed E-state index contributed by atoms with van der Waals surface area (Å²) >= 11 is 0. The quantitative estimate of drug-likeness (QED) is 0.823. The minimum atomic E-state index is -0.0596. The molecule has 0 spiro atoms. The van der Waals surface area contributed by atoms with Crippen LogP contribution in [0.4, 0.5) is 0 Å². The first kappa shape index (κ1) is 17.9. The molecule has 1 aromatic rings. The number of rotatable bonds is 5. The average molecular weight is 343 g/mol. The molecule has 136 valence electrons. The van der Waals surface area contributed by atoms with Crippen LogP contribution in [-0.2, 0) is 16.1 Å². The number of hydrogen-bond donors (Lipinski definition) is 0. The monoisotopic (exact) mass is 343 g/mol. The summed E-state index contributed by atoms with van der Waals surface area (Å²) in [6.45, 7) is 4.58. The number of hydrogen-bond acceptors (Lipinski definition) is 3. The Morgan fingerprint density at radius 2 is 1.76 bits per heavy atom. The Bertz CT molecular complexity index is 604. The summed E-state index contributed by atoms with van der Waals surface area (Å²) in [5.74, 6) is 0.0300. The van der Waals surface area contributed by atoms with Crippen molar-refractivity contribution in [3.05, 3.63) is 35.9 Å². The van der Waals surface area contributed by atoms with Gasteiger partial charge in [-0.15, -0.1) is 0 Å². The predicted octanol–water partition coefficient (Wildman–Crippen LogP) is 2.12. The summed E-state index contributed by atoms with van der Waals surface area (Å²) in [6.07, 6.45) is 4.49. The molecule has 0 radical (unpaired) electrons. The van der Waals surface area contributed by atoms with Crippen LogP contribution in [0.2, 0.25) is 0 Å². The SMILES string of the molecule is CC(=O)N(C)CC(=O)N1CCC[C@@H]1[C@H]1CCCN1Cc1ccccc1. The lowest BCUT2D eigenvalue weighted by atomic mass is 10.0.